The number of carbonyl (C=O) groups is 1. The minimum Gasteiger partial charge on any atom is -0.378 e. The summed E-state index contributed by atoms with van der Waals surface area (Å²) in [6, 6.07) is 18.6. The molecule has 0 saturated carbocycles. The average Bonchev–Trinajstić information content (AvgIpc) is 2.50. The fourth-order valence-electron chi connectivity index (χ4n) is 3.24. The molecule has 3 nitrogen and oxygen atoms in total. The second-order valence-corrected chi connectivity index (χ2v) is 6.60. The third-order valence-corrected chi connectivity index (χ3v) is 4.35. The fourth-order valence-corrected chi connectivity index (χ4v) is 3.24. The minimum atomic E-state index is -0.0597. The molecule has 0 bridgehead atoms. The van der Waals surface area contributed by atoms with E-state index in [0.717, 1.165) is 11.4 Å². The van der Waals surface area contributed by atoms with Crippen molar-refractivity contribution in [2.45, 2.75) is 26.8 Å². The third kappa shape index (κ3) is 2.59. The molecule has 1 N–H and O–H groups in total. The lowest BCUT2D eigenvalue weighted by molar-refractivity contribution is -0.117. The number of amides is 1. The number of rotatable bonds is 2. The van der Waals surface area contributed by atoms with E-state index in [9.17, 15) is 4.79 Å². The van der Waals surface area contributed by atoms with Crippen LogP contribution in [0, 0.1) is 5.41 Å². The second-order valence-electron chi connectivity index (χ2n) is 6.60. The van der Waals surface area contributed by atoms with Crippen LogP contribution in [0.1, 0.15) is 32.4 Å². The number of benzene rings is 2. The molecule has 1 heterocycles. The zero-order valence-electron chi connectivity index (χ0n) is 13.3. The number of nitrogens with zero attached hydrogens (tertiary/aromatic N) is 1. The number of nitrogens with one attached hydrogen (secondary N) is 1. The normalized spacial score (nSPS) is 19.4. The number of hydrogen-bond acceptors (Lipinski definition) is 2. The predicted octanol–water partition coefficient (Wildman–Crippen LogP) is 4.23. The van der Waals surface area contributed by atoms with Crippen LogP contribution in [0.3, 0.4) is 0 Å². The summed E-state index contributed by atoms with van der Waals surface area (Å²) in [5.74, 6) is 0.0960. The summed E-state index contributed by atoms with van der Waals surface area (Å²) < 4.78 is 0. The zero-order chi connectivity index (χ0) is 15.7. The van der Waals surface area contributed by atoms with Crippen molar-refractivity contribution < 1.29 is 4.79 Å². The molecule has 0 radical (unpaired) electrons. The van der Waals surface area contributed by atoms with Gasteiger partial charge in [-0.1, -0.05) is 50.2 Å². The van der Waals surface area contributed by atoms with Crippen molar-refractivity contribution in [3.05, 3.63) is 60.2 Å². The molecule has 3 heteroatoms. The van der Waals surface area contributed by atoms with E-state index in [4.69, 9.17) is 0 Å². The molecule has 0 unspecified atom stereocenters. The Labute approximate surface area is 132 Å². The van der Waals surface area contributed by atoms with Crippen molar-refractivity contribution >= 4 is 17.3 Å². The molecule has 1 amide bonds. The first kappa shape index (κ1) is 14.6. The molecular formula is C19H22N2O. The summed E-state index contributed by atoms with van der Waals surface area (Å²) in [7, 11) is 0. The van der Waals surface area contributed by atoms with Gasteiger partial charge in [-0.25, -0.2) is 0 Å². The smallest absolute Gasteiger partial charge is 0.223 e. The maximum atomic E-state index is 12.0. The molecule has 0 saturated heterocycles. The molecule has 0 aliphatic carbocycles. The molecule has 0 aromatic heterocycles. The van der Waals surface area contributed by atoms with Gasteiger partial charge in [-0.15, -0.1) is 0 Å². The highest BCUT2D eigenvalue weighted by Gasteiger charge is 2.40. The van der Waals surface area contributed by atoms with Gasteiger partial charge in [0.2, 0.25) is 5.91 Å². The van der Waals surface area contributed by atoms with Crippen LogP contribution in [0.15, 0.2) is 54.6 Å². The summed E-state index contributed by atoms with van der Waals surface area (Å²) in [6.07, 6.45) is 0. The van der Waals surface area contributed by atoms with Crippen LogP contribution in [-0.2, 0) is 4.79 Å². The SMILES string of the molecule is CC(=O)N1CC(C)(C)[C@@H](Nc2ccccc2)c2ccccc21. The van der Waals surface area contributed by atoms with Crippen LogP contribution in [0.5, 0.6) is 0 Å². The first-order valence-corrected chi connectivity index (χ1v) is 7.68. The molecule has 22 heavy (non-hydrogen) atoms. The van der Waals surface area contributed by atoms with Gasteiger partial charge in [-0.05, 0) is 23.8 Å². The summed E-state index contributed by atoms with van der Waals surface area (Å²) in [5.41, 5.74) is 3.24. The van der Waals surface area contributed by atoms with E-state index in [1.54, 1.807) is 6.92 Å². The van der Waals surface area contributed by atoms with Crippen LogP contribution in [0.25, 0.3) is 0 Å². The van der Waals surface area contributed by atoms with Crippen LogP contribution in [0.2, 0.25) is 0 Å². The maximum absolute atomic E-state index is 12.0. The van der Waals surface area contributed by atoms with E-state index in [-0.39, 0.29) is 17.4 Å². The molecule has 1 aliphatic rings. The van der Waals surface area contributed by atoms with Crippen molar-refractivity contribution in [3.8, 4) is 0 Å². The topological polar surface area (TPSA) is 32.3 Å². The molecule has 1 aliphatic heterocycles. The predicted molar refractivity (Wildman–Crippen MR) is 91.1 cm³/mol. The van der Waals surface area contributed by atoms with E-state index in [1.807, 2.05) is 41.3 Å². The number of carbonyl (C=O) groups excluding carboxylic acids is 1. The molecular weight excluding hydrogens is 272 g/mol. The Morgan fingerprint density at radius 3 is 2.41 bits per heavy atom. The molecule has 2 aromatic rings. The number of fused-ring (bicyclic) bond motifs is 1. The lowest BCUT2D eigenvalue weighted by Crippen LogP contribution is -2.47. The lowest BCUT2D eigenvalue weighted by Gasteiger charge is -2.45. The van der Waals surface area contributed by atoms with Crippen LogP contribution < -0.4 is 10.2 Å². The van der Waals surface area contributed by atoms with Crippen LogP contribution in [0.4, 0.5) is 11.4 Å². The molecule has 0 fully saturated rings. The van der Waals surface area contributed by atoms with Gasteiger partial charge in [0.15, 0.2) is 0 Å². The highest BCUT2D eigenvalue weighted by atomic mass is 16.2. The van der Waals surface area contributed by atoms with Gasteiger partial charge in [-0.2, -0.15) is 0 Å². The number of hydrogen-bond donors (Lipinski definition) is 1. The number of para-hydroxylation sites is 2. The Morgan fingerprint density at radius 1 is 1.09 bits per heavy atom. The number of anilines is 2. The van der Waals surface area contributed by atoms with E-state index >= 15 is 0 Å². The van der Waals surface area contributed by atoms with E-state index in [1.165, 1.54) is 5.56 Å². The molecule has 0 spiro atoms. The summed E-state index contributed by atoms with van der Waals surface area (Å²) in [5, 5.41) is 3.65. The molecule has 1 atom stereocenters. The maximum Gasteiger partial charge on any atom is 0.223 e. The Hall–Kier alpha value is -2.29. The quantitative estimate of drug-likeness (QED) is 0.899. The van der Waals surface area contributed by atoms with Gasteiger partial charge >= 0.3 is 0 Å². The van der Waals surface area contributed by atoms with E-state index in [0.29, 0.717) is 6.54 Å². The van der Waals surface area contributed by atoms with Gasteiger partial charge in [0.05, 0.1) is 6.04 Å². The van der Waals surface area contributed by atoms with Gasteiger partial charge in [0.25, 0.3) is 0 Å². The first-order valence-electron chi connectivity index (χ1n) is 7.68. The van der Waals surface area contributed by atoms with Gasteiger partial charge in [-0.3, -0.25) is 4.79 Å². The van der Waals surface area contributed by atoms with Crippen molar-refractivity contribution in [1.82, 2.24) is 0 Å². The highest BCUT2D eigenvalue weighted by Crippen LogP contribution is 2.45. The standard InChI is InChI=1S/C19H22N2O/c1-14(22)21-13-19(2,3)18(16-11-7-8-12-17(16)21)20-15-9-5-4-6-10-15/h4-12,18,20H,13H2,1-3H3/t18-/m0/s1. The minimum absolute atomic E-state index is 0.0597. The average molecular weight is 294 g/mol. The van der Waals surface area contributed by atoms with E-state index in [2.05, 4.69) is 37.4 Å². The summed E-state index contributed by atoms with van der Waals surface area (Å²) in [6.45, 7) is 6.76. The molecule has 3 rings (SSSR count). The Bertz CT molecular complexity index is 679. The zero-order valence-corrected chi connectivity index (χ0v) is 13.3. The fraction of sp³-hybridized carbons (Fsp3) is 0.316. The Morgan fingerprint density at radius 2 is 1.73 bits per heavy atom. The highest BCUT2D eigenvalue weighted by molar-refractivity contribution is 5.93. The first-order chi connectivity index (χ1) is 10.5. The van der Waals surface area contributed by atoms with Crippen molar-refractivity contribution in [2.24, 2.45) is 5.41 Å². The summed E-state index contributed by atoms with van der Waals surface area (Å²) in [4.78, 5) is 13.9. The second kappa shape index (κ2) is 5.48. The lowest BCUT2D eigenvalue weighted by atomic mass is 9.76. The van der Waals surface area contributed by atoms with E-state index < -0.39 is 0 Å². The Kier molecular flexibility index (Phi) is 3.65. The van der Waals surface area contributed by atoms with Crippen LogP contribution in [-0.4, -0.2) is 12.5 Å². The van der Waals surface area contributed by atoms with Crippen molar-refractivity contribution in [2.75, 3.05) is 16.8 Å². The van der Waals surface area contributed by atoms with Crippen LogP contribution >= 0.6 is 0 Å². The van der Waals surface area contributed by atoms with Gasteiger partial charge < -0.3 is 10.2 Å². The van der Waals surface area contributed by atoms with Gasteiger partial charge in [0.1, 0.15) is 0 Å². The molecule has 2 aromatic carbocycles. The monoisotopic (exact) mass is 294 g/mol. The van der Waals surface area contributed by atoms with Crippen molar-refractivity contribution in [3.63, 3.8) is 0 Å². The van der Waals surface area contributed by atoms with Crippen molar-refractivity contribution in [1.29, 1.82) is 0 Å². The molecule has 114 valence electrons. The largest absolute Gasteiger partial charge is 0.378 e. The third-order valence-electron chi connectivity index (χ3n) is 4.35. The Balaban J connectivity index is 2.04. The summed E-state index contributed by atoms with van der Waals surface area (Å²) >= 11 is 0. The van der Waals surface area contributed by atoms with Gasteiger partial charge in [0, 0.05) is 30.3 Å².